The lowest BCUT2D eigenvalue weighted by Crippen LogP contribution is -2.43. The molecule has 1 aromatic heterocycles. The van der Waals surface area contributed by atoms with Crippen molar-refractivity contribution in [1.29, 1.82) is 0 Å². The second-order valence-corrected chi connectivity index (χ2v) is 12.3. The van der Waals surface area contributed by atoms with Gasteiger partial charge in [-0.15, -0.1) is 0 Å². The van der Waals surface area contributed by atoms with E-state index in [2.05, 4.69) is 132 Å². The third kappa shape index (κ3) is 4.17. The van der Waals surface area contributed by atoms with Crippen LogP contribution in [0.2, 0.25) is 0 Å². The number of rotatable bonds is 3. The van der Waals surface area contributed by atoms with Gasteiger partial charge < -0.3 is 15.1 Å². The van der Waals surface area contributed by atoms with Crippen LogP contribution in [0.3, 0.4) is 0 Å². The van der Waals surface area contributed by atoms with E-state index in [1.165, 1.54) is 43.1 Å². The predicted molar refractivity (Wildman–Crippen MR) is 194 cm³/mol. The summed E-state index contributed by atoms with van der Waals surface area (Å²) in [5.41, 5.74) is 3.99. The van der Waals surface area contributed by atoms with Gasteiger partial charge in [-0.1, -0.05) is 115 Å². The number of amidine groups is 2. The van der Waals surface area contributed by atoms with Crippen LogP contribution < -0.4 is 10.6 Å². The first kappa shape index (κ1) is 26.1. The minimum Gasteiger partial charge on any atom is -0.456 e. The lowest BCUT2D eigenvalue weighted by molar-refractivity contribution is 0.585. The summed E-state index contributed by atoms with van der Waals surface area (Å²) in [6, 6.07) is 47.0. The third-order valence-corrected chi connectivity index (χ3v) is 9.57. The zero-order chi connectivity index (χ0) is 30.9. The molecular formula is C42H28N4O. The molecule has 2 atom stereocenters. The van der Waals surface area contributed by atoms with Crippen LogP contribution in [0.1, 0.15) is 34.7 Å². The minimum absolute atomic E-state index is 0.236. The Balaban J connectivity index is 1.14. The highest BCUT2D eigenvalue weighted by Gasteiger charge is 2.31. The Hall–Kier alpha value is -6.20. The molecule has 47 heavy (non-hydrogen) atoms. The summed E-state index contributed by atoms with van der Waals surface area (Å²) in [6.45, 7) is 0. The van der Waals surface area contributed by atoms with Crippen molar-refractivity contribution in [1.82, 2.24) is 10.6 Å². The number of fused-ring (bicyclic) bond motifs is 9. The number of nitrogens with zero attached hydrogens (tertiary/aromatic N) is 2. The Bertz CT molecular complexity index is 2660. The maximum atomic E-state index is 6.26. The van der Waals surface area contributed by atoms with Crippen LogP contribution in [0.15, 0.2) is 154 Å². The molecule has 3 heterocycles. The van der Waals surface area contributed by atoms with Crippen molar-refractivity contribution in [3.8, 4) is 0 Å². The predicted octanol–water partition coefficient (Wildman–Crippen LogP) is 9.81. The first-order valence-corrected chi connectivity index (χ1v) is 16.0. The fraction of sp³-hybridized carbons (Fsp3) is 0.0476. The van der Waals surface area contributed by atoms with Crippen molar-refractivity contribution in [2.45, 2.75) is 12.2 Å². The van der Waals surface area contributed by atoms with Gasteiger partial charge in [-0.3, -0.25) is 0 Å². The van der Waals surface area contributed by atoms with E-state index in [0.29, 0.717) is 0 Å². The molecule has 10 rings (SSSR count). The Morgan fingerprint density at radius 2 is 1.26 bits per heavy atom. The van der Waals surface area contributed by atoms with E-state index in [4.69, 9.17) is 14.4 Å². The molecule has 0 spiro atoms. The summed E-state index contributed by atoms with van der Waals surface area (Å²) in [4.78, 5) is 10.5. The second-order valence-electron chi connectivity index (χ2n) is 12.3. The summed E-state index contributed by atoms with van der Waals surface area (Å²) in [6.07, 6.45) is 3.51. The van der Waals surface area contributed by atoms with E-state index < -0.39 is 6.17 Å². The average Bonchev–Trinajstić information content (AvgIpc) is 3.53. The van der Waals surface area contributed by atoms with E-state index in [-0.39, 0.29) is 6.04 Å². The molecule has 222 valence electrons. The molecule has 2 aliphatic heterocycles. The maximum absolute atomic E-state index is 6.26. The molecular weight excluding hydrogens is 576 g/mol. The van der Waals surface area contributed by atoms with Crippen LogP contribution in [0.4, 0.5) is 0 Å². The Morgan fingerprint density at radius 1 is 0.553 bits per heavy atom. The van der Waals surface area contributed by atoms with Gasteiger partial charge in [-0.2, -0.15) is 0 Å². The molecule has 2 unspecified atom stereocenters. The van der Waals surface area contributed by atoms with Crippen molar-refractivity contribution in [3.05, 3.63) is 162 Å². The van der Waals surface area contributed by atoms with Crippen LogP contribution in [-0.4, -0.2) is 11.7 Å². The lowest BCUT2D eigenvalue weighted by atomic mass is 9.95. The van der Waals surface area contributed by atoms with Gasteiger partial charge in [0.2, 0.25) is 0 Å². The molecule has 5 nitrogen and oxygen atoms in total. The number of hydrogen-bond acceptors (Lipinski definition) is 5. The van der Waals surface area contributed by atoms with Gasteiger partial charge in [0, 0.05) is 22.7 Å². The third-order valence-electron chi connectivity index (χ3n) is 9.57. The lowest BCUT2D eigenvalue weighted by Gasteiger charge is -2.29. The van der Waals surface area contributed by atoms with Gasteiger partial charge in [-0.25, -0.2) is 9.98 Å². The monoisotopic (exact) mass is 604 g/mol. The fourth-order valence-corrected chi connectivity index (χ4v) is 7.27. The largest absolute Gasteiger partial charge is 0.456 e. The number of nitrogens with one attached hydrogen (secondary N) is 2. The molecule has 0 aliphatic carbocycles. The highest BCUT2D eigenvalue weighted by atomic mass is 16.3. The first-order valence-electron chi connectivity index (χ1n) is 16.0. The number of furan rings is 1. The number of para-hydroxylation sites is 1. The Kier molecular flexibility index (Phi) is 5.63. The SMILES string of the molecule is C1=Cc2oc3ccccc3c2C(C2=NC(c3ccc4ccccc4c3)N=C(c3ccc4ccc5c6ccccc6ccc5c4c3)N2)N1. The second kappa shape index (κ2) is 10.2. The molecule has 0 amide bonds. The molecule has 8 aromatic rings. The maximum Gasteiger partial charge on any atom is 0.169 e. The van der Waals surface area contributed by atoms with Crippen LogP contribution in [0.25, 0.3) is 60.1 Å². The summed E-state index contributed by atoms with van der Waals surface area (Å²) < 4.78 is 6.26. The van der Waals surface area contributed by atoms with Crippen molar-refractivity contribution in [2.24, 2.45) is 9.98 Å². The quantitative estimate of drug-likeness (QED) is 0.197. The van der Waals surface area contributed by atoms with Gasteiger partial charge in [0.15, 0.2) is 6.17 Å². The molecule has 0 fully saturated rings. The summed E-state index contributed by atoms with van der Waals surface area (Å²) in [5, 5.41) is 18.1. The van der Waals surface area contributed by atoms with Crippen molar-refractivity contribution >= 4 is 71.8 Å². The summed E-state index contributed by atoms with van der Waals surface area (Å²) >= 11 is 0. The normalized spacial score (nSPS) is 17.4. The molecule has 0 radical (unpaired) electrons. The van der Waals surface area contributed by atoms with Gasteiger partial charge in [0.05, 0.1) is 0 Å². The number of aliphatic imine (C=N–C) groups is 2. The fourth-order valence-electron chi connectivity index (χ4n) is 7.27. The molecule has 0 bridgehead atoms. The number of hydrogen-bond donors (Lipinski definition) is 2. The smallest absolute Gasteiger partial charge is 0.169 e. The molecule has 7 aromatic carbocycles. The zero-order valence-corrected chi connectivity index (χ0v) is 25.3. The van der Waals surface area contributed by atoms with Gasteiger partial charge in [-0.05, 0) is 72.9 Å². The van der Waals surface area contributed by atoms with Crippen molar-refractivity contribution in [2.75, 3.05) is 0 Å². The highest BCUT2D eigenvalue weighted by Crippen LogP contribution is 2.37. The molecule has 0 saturated heterocycles. The Labute approximate surface area is 270 Å². The molecule has 2 aliphatic rings. The van der Waals surface area contributed by atoms with Gasteiger partial charge in [0.1, 0.15) is 29.1 Å². The van der Waals surface area contributed by atoms with E-state index in [0.717, 1.165) is 45.1 Å². The molecule has 5 heteroatoms. The number of benzene rings is 7. The molecule has 2 N–H and O–H groups in total. The van der Waals surface area contributed by atoms with E-state index in [1.807, 2.05) is 24.4 Å². The summed E-state index contributed by atoms with van der Waals surface area (Å²) in [7, 11) is 0. The standard InChI is InChI=1S/C42H28N4O/c1-2-9-28-23-29(15-13-25(28)7-1)40-44-41(46-42(45-40)39-38-34-11-5-6-12-36(34)47-37(38)21-22-43-39)30-16-14-27-18-19-32-31-10-4-3-8-26(31)17-20-33(32)35(27)24-30/h1-24,39-40,43H,(H,44,45,46). The van der Waals surface area contributed by atoms with Crippen LogP contribution in [0, 0.1) is 0 Å². The van der Waals surface area contributed by atoms with Gasteiger partial charge in [0.25, 0.3) is 0 Å². The Morgan fingerprint density at radius 3 is 2.15 bits per heavy atom. The molecule has 0 saturated carbocycles. The van der Waals surface area contributed by atoms with Crippen LogP contribution in [-0.2, 0) is 0 Å². The summed E-state index contributed by atoms with van der Waals surface area (Å²) in [5.74, 6) is 2.43. The van der Waals surface area contributed by atoms with E-state index in [1.54, 1.807) is 0 Å². The average molecular weight is 605 g/mol. The minimum atomic E-state index is -0.424. The van der Waals surface area contributed by atoms with Crippen LogP contribution >= 0.6 is 0 Å². The van der Waals surface area contributed by atoms with Gasteiger partial charge >= 0.3 is 0 Å². The topological polar surface area (TPSA) is 61.9 Å². The first-order chi connectivity index (χ1) is 23.3. The van der Waals surface area contributed by atoms with Crippen molar-refractivity contribution in [3.63, 3.8) is 0 Å². The zero-order valence-electron chi connectivity index (χ0n) is 25.3. The van der Waals surface area contributed by atoms with Crippen LogP contribution in [0.5, 0.6) is 0 Å². The highest BCUT2D eigenvalue weighted by molar-refractivity contribution is 6.20. The van der Waals surface area contributed by atoms with Crippen molar-refractivity contribution < 1.29 is 4.42 Å². The van der Waals surface area contributed by atoms with E-state index in [9.17, 15) is 0 Å². The van der Waals surface area contributed by atoms with E-state index >= 15 is 0 Å².